The molecule has 0 spiro atoms. The molecule has 1 unspecified atom stereocenters. The maximum Gasteiger partial charge on any atom is 0.0166 e. The summed E-state index contributed by atoms with van der Waals surface area (Å²) < 4.78 is 0. The Morgan fingerprint density at radius 3 is 2.31 bits per heavy atom. The highest BCUT2D eigenvalue weighted by atomic mass is 15.0. The molecular formula is C11H24N2. The third kappa shape index (κ3) is 4.63. The van der Waals surface area contributed by atoms with Crippen molar-refractivity contribution in [3.63, 3.8) is 0 Å². The fourth-order valence-corrected chi connectivity index (χ4v) is 1.63. The first-order valence-corrected chi connectivity index (χ1v) is 5.75. The molecule has 0 saturated heterocycles. The molecule has 1 fully saturated rings. The Morgan fingerprint density at radius 1 is 1.23 bits per heavy atom. The second kappa shape index (κ2) is 5.61. The topological polar surface area (TPSA) is 24.1 Å². The molecule has 13 heavy (non-hydrogen) atoms. The molecule has 0 radical (unpaired) electrons. The molecule has 0 aromatic heterocycles. The van der Waals surface area contributed by atoms with Crippen LogP contribution in [0.3, 0.4) is 0 Å². The van der Waals surface area contributed by atoms with Crippen LogP contribution in [0, 0.1) is 0 Å². The van der Waals surface area contributed by atoms with E-state index in [0.717, 1.165) is 12.6 Å². The van der Waals surface area contributed by atoms with Crippen molar-refractivity contribution < 1.29 is 0 Å². The summed E-state index contributed by atoms with van der Waals surface area (Å²) in [5.41, 5.74) is 0. The molecule has 0 amide bonds. The first-order valence-electron chi connectivity index (χ1n) is 5.75. The van der Waals surface area contributed by atoms with Gasteiger partial charge in [0.1, 0.15) is 0 Å². The van der Waals surface area contributed by atoms with E-state index in [0.29, 0.717) is 12.1 Å². The van der Waals surface area contributed by atoms with E-state index in [9.17, 15) is 0 Å². The molecule has 0 bridgehead atoms. The molecule has 0 aromatic rings. The zero-order chi connectivity index (χ0) is 9.68. The summed E-state index contributed by atoms with van der Waals surface area (Å²) in [6.45, 7) is 7.89. The molecule has 0 aliphatic heterocycles. The Bertz CT molecular complexity index is 128. The van der Waals surface area contributed by atoms with E-state index in [1.807, 2.05) is 0 Å². The summed E-state index contributed by atoms with van der Waals surface area (Å²) in [7, 11) is 0. The minimum atomic E-state index is 0.632. The number of rotatable bonds is 7. The van der Waals surface area contributed by atoms with Crippen molar-refractivity contribution in [2.45, 2.75) is 64.6 Å². The van der Waals surface area contributed by atoms with Gasteiger partial charge in [0.25, 0.3) is 0 Å². The zero-order valence-corrected chi connectivity index (χ0v) is 9.27. The first-order chi connectivity index (χ1) is 6.26. The van der Waals surface area contributed by atoms with Crippen molar-refractivity contribution in [2.75, 3.05) is 6.54 Å². The maximum absolute atomic E-state index is 3.59. The van der Waals surface area contributed by atoms with Crippen LogP contribution in [0.5, 0.6) is 0 Å². The lowest BCUT2D eigenvalue weighted by Gasteiger charge is -2.19. The normalized spacial score (nSPS) is 19.4. The van der Waals surface area contributed by atoms with Gasteiger partial charge < -0.3 is 10.6 Å². The Balaban J connectivity index is 2.01. The van der Waals surface area contributed by atoms with E-state index in [4.69, 9.17) is 0 Å². The van der Waals surface area contributed by atoms with Gasteiger partial charge in [-0.1, -0.05) is 13.8 Å². The van der Waals surface area contributed by atoms with Crippen LogP contribution in [-0.2, 0) is 0 Å². The zero-order valence-electron chi connectivity index (χ0n) is 9.27. The van der Waals surface area contributed by atoms with Crippen molar-refractivity contribution in [2.24, 2.45) is 0 Å². The van der Waals surface area contributed by atoms with E-state index < -0.39 is 0 Å². The van der Waals surface area contributed by atoms with Crippen LogP contribution >= 0.6 is 0 Å². The Hall–Kier alpha value is -0.0800. The molecule has 0 heterocycles. The highest BCUT2D eigenvalue weighted by Crippen LogP contribution is 2.19. The van der Waals surface area contributed by atoms with Crippen LogP contribution in [0.2, 0.25) is 0 Å². The molecular weight excluding hydrogens is 160 g/mol. The number of hydrogen-bond acceptors (Lipinski definition) is 2. The first kappa shape index (κ1) is 11.0. The quantitative estimate of drug-likeness (QED) is 0.631. The summed E-state index contributed by atoms with van der Waals surface area (Å²) in [5, 5.41) is 7.18. The van der Waals surface area contributed by atoms with E-state index in [1.54, 1.807) is 0 Å². The average Bonchev–Trinajstić information content (AvgIpc) is 2.90. The van der Waals surface area contributed by atoms with Gasteiger partial charge in [0.2, 0.25) is 0 Å². The lowest BCUT2D eigenvalue weighted by Crippen LogP contribution is -2.41. The molecule has 78 valence electrons. The molecule has 1 rings (SSSR count). The maximum atomic E-state index is 3.59. The van der Waals surface area contributed by atoms with Crippen molar-refractivity contribution in [1.82, 2.24) is 10.6 Å². The van der Waals surface area contributed by atoms with Gasteiger partial charge in [0.05, 0.1) is 0 Å². The van der Waals surface area contributed by atoms with E-state index >= 15 is 0 Å². The van der Waals surface area contributed by atoms with Gasteiger partial charge >= 0.3 is 0 Å². The van der Waals surface area contributed by atoms with E-state index in [1.165, 1.54) is 25.7 Å². The van der Waals surface area contributed by atoms with Crippen molar-refractivity contribution >= 4 is 0 Å². The van der Waals surface area contributed by atoms with Gasteiger partial charge in [-0.05, 0) is 32.6 Å². The monoisotopic (exact) mass is 184 g/mol. The van der Waals surface area contributed by atoms with Crippen LogP contribution in [0.25, 0.3) is 0 Å². The number of hydrogen-bond donors (Lipinski definition) is 2. The van der Waals surface area contributed by atoms with Crippen molar-refractivity contribution in [1.29, 1.82) is 0 Å². The van der Waals surface area contributed by atoms with Gasteiger partial charge in [-0.25, -0.2) is 0 Å². The second-order valence-electron chi connectivity index (χ2n) is 4.26. The summed E-state index contributed by atoms with van der Waals surface area (Å²) in [6.07, 6.45) is 5.25. The number of nitrogens with one attached hydrogen (secondary N) is 2. The van der Waals surface area contributed by atoms with Crippen LogP contribution < -0.4 is 10.6 Å². The Kier molecular flexibility index (Phi) is 4.74. The summed E-state index contributed by atoms with van der Waals surface area (Å²) in [4.78, 5) is 0. The summed E-state index contributed by atoms with van der Waals surface area (Å²) >= 11 is 0. The fourth-order valence-electron chi connectivity index (χ4n) is 1.63. The molecule has 1 saturated carbocycles. The molecule has 2 N–H and O–H groups in total. The highest BCUT2D eigenvalue weighted by molar-refractivity contribution is 4.84. The minimum absolute atomic E-state index is 0.632. The third-order valence-corrected chi connectivity index (χ3v) is 2.80. The summed E-state index contributed by atoms with van der Waals surface area (Å²) in [6, 6.07) is 2.18. The van der Waals surface area contributed by atoms with Gasteiger partial charge in [0, 0.05) is 24.7 Å². The molecule has 2 heteroatoms. The Labute approximate surface area is 82.5 Å². The molecule has 1 aliphatic carbocycles. The van der Waals surface area contributed by atoms with E-state index in [-0.39, 0.29) is 0 Å². The third-order valence-electron chi connectivity index (χ3n) is 2.80. The lowest BCUT2D eigenvalue weighted by molar-refractivity contribution is 0.429. The second-order valence-corrected chi connectivity index (χ2v) is 4.26. The lowest BCUT2D eigenvalue weighted by atomic mass is 10.1. The van der Waals surface area contributed by atoms with Crippen LogP contribution in [0.15, 0.2) is 0 Å². The predicted octanol–water partition coefficient (Wildman–Crippen LogP) is 1.91. The molecule has 1 aliphatic rings. The van der Waals surface area contributed by atoms with Crippen LogP contribution in [-0.4, -0.2) is 24.7 Å². The summed E-state index contributed by atoms with van der Waals surface area (Å²) in [5.74, 6) is 0. The molecule has 1 atom stereocenters. The van der Waals surface area contributed by atoms with Gasteiger partial charge in [-0.15, -0.1) is 0 Å². The SMILES string of the molecule is CCC(CC)NCC(C)NC1CC1. The highest BCUT2D eigenvalue weighted by Gasteiger charge is 2.22. The minimum Gasteiger partial charge on any atom is -0.312 e. The van der Waals surface area contributed by atoms with Gasteiger partial charge in [0.15, 0.2) is 0 Å². The molecule has 0 aromatic carbocycles. The van der Waals surface area contributed by atoms with Crippen molar-refractivity contribution in [3.8, 4) is 0 Å². The largest absolute Gasteiger partial charge is 0.312 e. The fraction of sp³-hybridized carbons (Fsp3) is 1.00. The van der Waals surface area contributed by atoms with Crippen LogP contribution in [0.1, 0.15) is 46.5 Å². The molecule has 2 nitrogen and oxygen atoms in total. The smallest absolute Gasteiger partial charge is 0.0166 e. The van der Waals surface area contributed by atoms with Gasteiger partial charge in [-0.3, -0.25) is 0 Å². The standard InChI is InChI=1S/C11H24N2/c1-4-10(5-2)12-8-9(3)13-11-6-7-11/h9-13H,4-8H2,1-3H3. The predicted molar refractivity (Wildman–Crippen MR) is 58.0 cm³/mol. The van der Waals surface area contributed by atoms with Gasteiger partial charge in [-0.2, -0.15) is 0 Å². The Morgan fingerprint density at radius 2 is 1.85 bits per heavy atom. The van der Waals surface area contributed by atoms with Crippen molar-refractivity contribution in [3.05, 3.63) is 0 Å². The van der Waals surface area contributed by atoms with Crippen LogP contribution in [0.4, 0.5) is 0 Å². The van der Waals surface area contributed by atoms with E-state index in [2.05, 4.69) is 31.4 Å². The average molecular weight is 184 g/mol.